The third-order valence-corrected chi connectivity index (χ3v) is 3.24. The number of aromatic nitrogens is 3. The molecule has 106 valence electrons. The predicted molar refractivity (Wildman–Crippen MR) is 64.3 cm³/mol. The second-order valence-corrected chi connectivity index (χ2v) is 5.27. The molecule has 0 bridgehead atoms. The Hall–Kier alpha value is -1.91. The van der Waals surface area contributed by atoms with Crippen molar-refractivity contribution in [2.45, 2.75) is 4.90 Å². The van der Waals surface area contributed by atoms with Crippen molar-refractivity contribution < 1.29 is 21.8 Å². The molecule has 0 fully saturated rings. The summed E-state index contributed by atoms with van der Waals surface area (Å²) in [5.74, 6) is -0.510. The van der Waals surface area contributed by atoms with E-state index in [-0.39, 0.29) is 10.7 Å². The van der Waals surface area contributed by atoms with E-state index in [1.807, 2.05) is 0 Å². The SMILES string of the molecule is O=S(=O)(O)c1ccc(Cl)c(Nc2nc(F)nc(F)n2)c1. The van der Waals surface area contributed by atoms with Crippen LogP contribution in [0.25, 0.3) is 0 Å². The number of anilines is 2. The quantitative estimate of drug-likeness (QED) is 0.830. The zero-order chi connectivity index (χ0) is 14.9. The molecule has 1 aromatic heterocycles. The summed E-state index contributed by atoms with van der Waals surface area (Å²) in [6.45, 7) is 0. The van der Waals surface area contributed by atoms with Gasteiger partial charge in [-0.2, -0.15) is 32.2 Å². The van der Waals surface area contributed by atoms with Crippen molar-refractivity contribution in [3.8, 4) is 0 Å². The zero-order valence-electron chi connectivity index (χ0n) is 9.38. The Labute approximate surface area is 116 Å². The molecule has 0 radical (unpaired) electrons. The van der Waals surface area contributed by atoms with Crippen LogP contribution in [0.15, 0.2) is 23.1 Å². The van der Waals surface area contributed by atoms with Gasteiger partial charge in [0.25, 0.3) is 10.1 Å². The smallest absolute Gasteiger partial charge is 0.315 e. The first-order valence-corrected chi connectivity index (χ1v) is 6.68. The minimum atomic E-state index is -4.45. The molecule has 0 aliphatic heterocycles. The molecular weight excluding hydrogens is 318 g/mol. The standard InChI is InChI=1S/C9H5ClF2N4O3S/c10-5-2-1-4(20(17,18)19)3-6(5)13-9-15-7(11)14-8(12)16-9/h1-3H,(H,17,18,19)(H,13,14,15,16). The zero-order valence-corrected chi connectivity index (χ0v) is 11.0. The van der Waals surface area contributed by atoms with Crippen LogP contribution in [-0.2, 0) is 10.1 Å². The molecule has 0 unspecified atom stereocenters. The number of nitrogens with zero attached hydrogens (tertiary/aromatic N) is 3. The third kappa shape index (κ3) is 3.35. The van der Waals surface area contributed by atoms with Crippen molar-refractivity contribution in [1.29, 1.82) is 0 Å². The molecule has 2 rings (SSSR count). The van der Waals surface area contributed by atoms with Crippen LogP contribution in [0.4, 0.5) is 20.4 Å². The minimum absolute atomic E-state index is 0.0265. The average molecular weight is 323 g/mol. The molecule has 1 heterocycles. The fourth-order valence-electron chi connectivity index (χ4n) is 1.26. The van der Waals surface area contributed by atoms with Crippen molar-refractivity contribution in [3.05, 3.63) is 35.4 Å². The van der Waals surface area contributed by atoms with Crippen LogP contribution in [0.3, 0.4) is 0 Å². The highest BCUT2D eigenvalue weighted by Gasteiger charge is 2.14. The highest BCUT2D eigenvalue weighted by Crippen LogP contribution is 2.27. The summed E-state index contributed by atoms with van der Waals surface area (Å²) in [5, 5.41) is 2.34. The van der Waals surface area contributed by atoms with Crippen molar-refractivity contribution >= 4 is 33.4 Å². The lowest BCUT2D eigenvalue weighted by atomic mass is 10.3. The van der Waals surface area contributed by atoms with Crippen LogP contribution in [-0.4, -0.2) is 27.9 Å². The van der Waals surface area contributed by atoms with E-state index in [9.17, 15) is 17.2 Å². The summed E-state index contributed by atoms with van der Waals surface area (Å²) in [4.78, 5) is 8.54. The van der Waals surface area contributed by atoms with Gasteiger partial charge in [-0.1, -0.05) is 11.6 Å². The number of rotatable bonds is 3. The Bertz CT molecular complexity index is 752. The van der Waals surface area contributed by atoms with E-state index in [1.54, 1.807) is 0 Å². The average Bonchev–Trinajstić information content (AvgIpc) is 2.29. The molecule has 0 aliphatic carbocycles. The first-order chi connectivity index (χ1) is 9.25. The van der Waals surface area contributed by atoms with Gasteiger partial charge in [-0.05, 0) is 18.2 Å². The Morgan fingerprint density at radius 2 is 1.75 bits per heavy atom. The highest BCUT2D eigenvalue weighted by atomic mass is 35.5. The van der Waals surface area contributed by atoms with Gasteiger partial charge >= 0.3 is 12.2 Å². The van der Waals surface area contributed by atoms with Gasteiger partial charge in [0.15, 0.2) is 0 Å². The number of nitrogens with one attached hydrogen (secondary N) is 1. The molecule has 0 atom stereocenters. The maximum absolute atomic E-state index is 12.8. The van der Waals surface area contributed by atoms with Gasteiger partial charge in [-0.3, -0.25) is 4.55 Å². The van der Waals surface area contributed by atoms with E-state index < -0.39 is 33.1 Å². The first-order valence-electron chi connectivity index (χ1n) is 4.87. The third-order valence-electron chi connectivity index (χ3n) is 2.06. The van der Waals surface area contributed by atoms with E-state index in [2.05, 4.69) is 20.3 Å². The van der Waals surface area contributed by atoms with Gasteiger partial charge in [0.05, 0.1) is 15.6 Å². The van der Waals surface area contributed by atoms with Gasteiger partial charge < -0.3 is 5.32 Å². The summed E-state index contributed by atoms with van der Waals surface area (Å²) in [6.07, 6.45) is -2.72. The summed E-state index contributed by atoms with van der Waals surface area (Å²) < 4.78 is 56.4. The maximum Gasteiger partial charge on any atom is 0.315 e. The molecule has 0 saturated carbocycles. The Morgan fingerprint density at radius 3 is 2.30 bits per heavy atom. The number of hydrogen-bond donors (Lipinski definition) is 2. The molecule has 11 heteroatoms. The van der Waals surface area contributed by atoms with Crippen LogP contribution in [0.1, 0.15) is 0 Å². The van der Waals surface area contributed by atoms with E-state index in [0.717, 1.165) is 12.1 Å². The normalized spacial score (nSPS) is 11.4. The van der Waals surface area contributed by atoms with Crippen LogP contribution in [0.2, 0.25) is 5.02 Å². The van der Waals surface area contributed by atoms with Crippen LogP contribution < -0.4 is 5.32 Å². The lowest BCUT2D eigenvalue weighted by Crippen LogP contribution is -2.05. The van der Waals surface area contributed by atoms with Gasteiger partial charge in [0.2, 0.25) is 5.95 Å². The molecule has 0 saturated heterocycles. The van der Waals surface area contributed by atoms with Gasteiger partial charge in [0.1, 0.15) is 0 Å². The van der Waals surface area contributed by atoms with Gasteiger partial charge in [0, 0.05) is 0 Å². The Morgan fingerprint density at radius 1 is 1.15 bits per heavy atom. The lowest BCUT2D eigenvalue weighted by Gasteiger charge is -2.07. The predicted octanol–water partition coefficient (Wildman–Crippen LogP) is 1.79. The molecule has 0 amide bonds. The van der Waals surface area contributed by atoms with Crippen LogP contribution in [0.5, 0.6) is 0 Å². The van der Waals surface area contributed by atoms with Gasteiger partial charge in [-0.25, -0.2) is 0 Å². The summed E-state index contributed by atoms with van der Waals surface area (Å²) in [5.41, 5.74) is -0.0632. The summed E-state index contributed by atoms with van der Waals surface area (Å²) in [7, 11) is -4.45. The van der Waals surface area contributed by atoms with Gasteiger partial charge in [-0.15, -0.1) is 0 Å². The summed E-state index contributed by atoms with van der Waals surface area (Å²) in [6, 6.07) is 3.18. The fraction of sp³-hybridized carbons (Fsp3) is 0. The molecule has 20 heavy (non-hydrogen) atoms. The van der Waals surface area contributed by atoms with Crippen molar-refractivity contribution in [2.75, 3.05) is 5.32 Å². The molecule has 0 aliphatic rings. The molecule has 7 nitrogen and oxygen atoms in total. The molecule has 2 aromatic rings. The second-order valence-electron chi connectivity index (χ2n) is 3.44. The van der Waals surface area contributed by atoms with Crippen LogP contribution in [0, 0.1) is 12.2 Å². The Kier molecular flexibility index (Phi) is 3.79. The van der Waals surface area contributed by atoms with E-state index in [1.165, 1.54) is 6.07 Å². The number of benzene rings is 1. The van der Waals surface area contributed by atoms with Crippen molar-refractivity contribution in [2.24, 2.45) is 0 Å². The monoisotopic (exact) mass is 322 g/mol. The molecule has 1 aromatic carbocycles. The summed E-state index contributed by atoms with van der Waals surface area (Å²) >= 11 is 5.78. The molecule has 2 N–H and O–H groups in total. The maximum atomic E-state index is 12.8. The largest absolute Gasteiger partial charge is 0.323 e. The lowest BCUT2D eigenvalue weighted by molar-refractivity contribution is 0.458. The minimum Gasteiger partial charge on any atom is -0.323 e. The van der Waals surface area contributed by atoms with Crippen molar-refractivity contribution in [3.63, 3.8) is 0 Å². The van der Waals surface area contributed by atoms with Crippen LogP contribution >= 0.6 is 11.6 Å². The van der Waals surface area contributed by atoms with E-state index >= 15 is 0 Å². The second kappa shape index (κ2) is 5.23. The van der Waals surface area contributed by atoms with E-state index in [4.69, 9.17) is 16.2 Å². The number of hydrogen-bond acceptors (Lipinski definition) is 6. The van der Waals surface area contributed by atoms with Crippen molar-refractivity contribution in [1.82, 2.24) is 15.0 Å². The van der Waals surface area contributed by atoms with E-state index in [0.29, 0.717) is 0 Å². The fourth-order valence-corrected chi connectivity index (χ4v) is 1.93. The highest BCUT2D eigenvalue weighted by molar-refractivity contribution is 7.85. The number of halogens is 3. The first kappa shape index (κ1) is 14.5. The topological polar surface area (TPSA) is 105 Å². The molecule has 0 spiro atoms. The molecular formula is C9H5ClF2N4O3S. The Balaban J connectivity index is 2.42.